The first-order valence-corrected chi connectivity index (χ1v) is 21.0. The van der Waals surface area contributed by atoms with E-state index in [2.05, 4.69) is 69.1 Å². The van der Waals surface area contributed by atoms with Crippen molar-refractivity contribution in [3.8, 4) is 33.6 Å². The Morgan fingerprint density at radius 2 is 0.952 bits per heavy atom. The lowest BCUT2D eigenvalue weighted by Crippen LogP contribution is -2.49. The van der Waals surface area contributed by atoms with Crippen molar-refractivity contribution in [3.63, 3.8) is 0 Å². The lowest BCUT2D eigenvalue weighted by molar-refractivity contribution is -0.135. The van der Waals surface area contributed by atoms with Gasteiger partial charge in [-0.15, -0.1) is 0 Å². The summed E-state index contributed by atoms with van der Waals surface area (Å²) in [7, 11) is 2.58. The average Bonchev–Trinajstić information content (AvgIpc) is 4.16. The van der Waals surface area contributed by atoms with Crippen LogP contribution >= 0.6 is 0 Å². The third-order valence-corrected chi connectivity index (χ3v) is 11.7. The van der Waals surface area contributed by atoms with Gasteiger partial charge in [0.1, 0.15) is 23.7 Å². The molecule has 2 aromatic heterocycles. The number of rotatable bonds is 13. The molecule has 2 saturated heterocycles. The Morgan fingerprint density at radius 3 is 1.32 bits per heavy atom. The first kappa shape index (κ1) is 41.5. The number of ether oxygens (including phenoxy) is 2. The van der Waals surface area contributed by atoms with Crippen LogP contribution in [0, 0.1) is 0 Å². The number of hydrogen-bond donors (Lipinski definition) is 4. The Hall–Kier alpha value is -7.22. The number of aromatic amines is 2. The minimum absolute atomic E-state index is 0.172. The molecule has 0 spiro atoms. The summed E-state index contributed by atoms with van der Waals surface area (Å²) < 4.78 is 9.69. The molecule has 14 heteroatoms. The summed E-state index contributed by atoms with van der Waals surface area (Å²) in [6.45, 7) is 1.13. The highest BCUT2D eigenvalue weighted by molar-refractivity contribution is 5.87. The lowest BCUT2D eigenvalue weighted by Gasteiger charge is -2.28. The van der Waals surface area contributed by atoms with Crippen LogP contribution in [-0.2, 0) is 31.9 Å². The van der Waals surface area contributed by atoms with E-state index < -0.39 is 24.3 Å². The molecular formula is C48H50N8O6. The highest BCUT2D eigenvalue weighted by Crippen LogP contribution is 2.35. The molecule has 8 rings (SSSR count). The monoisotopic (exact) mass is 834 g/mol. The zero-order chi connectivity index (χ0) is 43.0. The molecule has 0 bridgehead atoms. The smallest absolute Gasteiger partial charge is 0.407 e. The van der Waals surface area contributed by atoms with E-state index in [1.165, 1.54) is 14.2 Å². The highest BCUT2D eigenvalue weighted by atomic mass is 16.5. The molecule has 2 aliphatic rings. The predicted octanol–water partition coefficient (Wildman–Crippen LogP) is 7.40. The molecule has 4 atom stereocenters. The fourth-order valence-corrected chi connectivity index (χ4v) is 8.52. The van der Waals surface area contributed by atoms with Gasteiger partial charge in [0.25, 0.3) is 0 Å². The largest absolute Gasteiger partial charge is 0.453 e. The fourth-order valence-electron chi connectivity index (χ4n) is 8.52. The van der Waals surface area contributed by atoms with E-state index in [0.717, 1.165) is 70.5 Å². The molecule has 0 radical (unpaired) electrons. The third-order valence-electron chi connectivity index (χ3n) is 11.7. The van der Waals surface area contributed by atoms with E-state index >= 15 is 0 Å². The van der Waals surface area contributed by atoms with Crippen LogP contribution in [0.25, 0.3) is 33.6 Å². The number of amides is 4. The van der Waals surface area contributed by atoms with Gasteiger partial charge < -0.3 is 39.9 Å². The van der Waals surface area contributed by atoms with Gasteiger partial charge in [0.2, 0.25) is 11.8 Å². The number of benzene rings is 4. The molecule has 62 heavy (non-hydrogen) atoms. The number of H-pyrrole nitrogens is 2. The van der Waals surface area contributed by atoms with Crippen LogP contribution in [0.2, 0.25) is 0 Å². The quantitative estimate of drug-likeness (QED) is 0.0932. The zero-order valence-corrected chi connectivity index (χ0v) is 34.8. The third kappa shape index (κ3) is 9.39. The summed E-state index contributed by atoms with van der Waals surface area (Å²) in [6, 6.07) is 33.7. The standard InChI is InChI=1S/C48H50N8O6/c1-61-47(59)53-37(27-31-11-5-3-6-12-31)45(57)55-25-9-15-41(55)43-49-29-39(51-43)35-21-17-33(18-22-35)34-19-23-36(24-20-34)40-30-50-44(52-40)42-16-10-26-56(42)46(58)38(54-48(60)62-2)28-32-13-7-4-8-14-32/h3-8,11-14,17-24,29-30,37-38,41-42H,9-10,15-16,25-28H2,1-2H3,(H,49,51)(H,50,52)(H,53,59)(H,54,60)/t37-,38-,41-,42-/m0/s1. The van der Waals surface area contributed by atoms with E-state index in [9.17, 15) is 19.2 Å². The SMILES string of the molecule is COC(=O)N[C@@H](Cc1ccccc1)C(=O)N1CCC[C@H]1c1ncc(-c2ccc(-c3ccc(-c4cnc([C@@H]5CCCN5C(=O)[C@H](Cc5ccccc5)NC(=O)OC)[nH]4)cc3)cc2)[nH]1. The Balaban J connectivity index is 0.913. The maximum atomic E-state index is 13.9. The van der Waals surface area contributed by atoms with Gasteiger partial charge in [0, 0.05) is 25.9 Å². The van der Waals surface area contributed by atoms with Crippen LogP contribution < -0.4 is 10.6 Å². The first-order chi connectivity index (χ1) is 30.3. The molecule has 4 aromatic carbocycles. The molecule has 0 saturated carbocycles. The van der Waals surface area contributed by atoms with Gasteiger partial charge in [-0.05, 0) is 59.1 Å². The summed E-state index contributed by atoms with van der Waals surface area (Å²) in [5, 5.41) is 5.49. The maximum absolute atomic E-state index is 13.9. The molecule has 318 valence electrons. The maximum Gasteiger partial charge on any atom is 0.407 e. The van der Waals surface area contributed by atoms with Gasteiger partial charge in [-0.1, -0.05) is 109 Å². The summed E-state index contributed by atoms with van der Waals surface area (Å²) in [5.41, 5.74) is 7.59. The number of nitrogens with zero attached hydrogens (tertiary/aromatic N) is 4. The van der Waals surface area contributed by atoms with E-state index in [4.69, 9.17) is 19.4 Å². The van der Waals surface area contributed by atoms with Crippen molar-refractivity contribution in [1.82, 2.24) is 40.4 Å². The Morgan fingerprint density at radius 1 is 0.581 bits per heavy atom. The van der Waals surface area contributed by atoms with E-state index in [1.807, 2.05) is 70.5 Å². The van der Waals surface area contributed by atoms with Gasteiger partial charge in [-0.25, -0.2) is 19.6 Å². The van der Waals surface area contributed by atoms with Crippen LogP contribution in [0.1, 0.15) is 60.5 Å². The second-order valence-corrected chi connectivity index (χ2v) is 15.7. The second kappa shape index (κ2) is 19.0. The Kier molecular flexibility index (Phi) is 12.7. The van der Waals surface area contributed by atoms with Crippen molar-refractivity contribution >= 4 is 24.0 Å². The van der Waals surface area contributed by atoms with Gasteiger partial charge in [0.05, 0.1) is 50.1 Å². The lowest BCUT2D eigenvalue weighted by atomic mass is 10.0. The molecule has 4 heterocycles. The predicted molar refractivity (Wildman–Crippen MR) is 233 cm³/mol. The van der Waals surface area contributed by atoms with Crippen molar-refractivity contribution in [2.45, 2.75) is 62.7 Å². The van der Waals surface area contributed by atoms with Gasteiger partial charge in [0.15, 0.2) is 0 Å². The van der Waals surface area contributed by atoms with Crippen LogP contribution in [0.5, 0.6) is 0 Å². The molecule has 0 aliphatic carbocycles. The number of carbonyl (C=O) groups excluding carboxylic acids is 4. The van der Waals surface area contributed by atoms with E-state index in [0.29, 0.717) is 37.6 Å². The topological polar surface area (TPSA) is 175 Å². The van der Waals surface area contributed by atoms with Gasteiger partial charge >= 0.3 is 12.2 Å². The molecule has 6 aromatic rings. The normalized spacial score (nSPS) is 17.0. The average molecular weight is 835 g/mol. The number of nitrogens with one attached hydrogen (secondary N) is 4. The minimum Gasteiger partial charge on any atom is -0.453 e. The minimum atomic E-state index is -0.776. The molecule has 0 unspecified atom stereocenters. The number of likely N-dealkylation sites (tertiary alicyclic amines) is 2. The number of alkyl carbamates (subject to hydrolysis) is 2. The van der Waals surface area contributed by atoms with Crippen LogP contribution in [0.3, 0.4) is 0 Å². The highest BCUT2D eigenvalue weighted by Gasteiger charge is 2.38. The van der Waals surface area contributed by atoms with Gasteiger partial charge in [-0.2, -0.15) is 0 Å². The summed E-state index contributed by atoms with van der Waals surface area (Å²) >= 11 is 0. The Labute approximate surface area is 360 Å². The van der Waals surface area contributed by atoms with Crippen LogP contribution in [0.4, 0.5) is 9.59 Å². The van der Waals surface area contributed by atoms with Crippen molar-refractivity contribution < 1.29 is 28.7 Å². The number of hydrogen-bond acceptors (Lipinski definition) is 8. The van der Waals surface area contributed by atoms with Crippen molar-refractivity contribution in [2.75, 3.05) is 27.3 Å². The summed E-state index contributed by atoms with van der Waals surface area (Å²) in [5.74, 6) is 1.07. The fraction of sp³-hybridized carbons (Fsp3) is 0.292. The number of aromatic nitrogens is 4. The molecule has 2 aliphatic heterocycles. The molecule has 2 fully saturated rings. The van der Waals surface area contributed by atoms with Crippen molar-refractivity contribution in [2.24, 2.45) is 0 Å². The van der Waals surface area contributed by atoms with E-state index in [1.54, 1.807) is 12.4 Å². The number of carbonyl (C=O) groups is 4. The first-order valence-electron chi connectivity index (χ1n) is 21.0. The summed E-state index contributed by atoms with van der Waals surface area (Å²) in [6.07, 6.45) is 6.17. The molecule has 4 N–H and O–H groups in total. The van der Waals surface area contributed by atoms with Crippen LogP contribution in [0.15, 0.2) is 122 Å². The van der Waals surface area contributed by atoms with Gasteiger partial charge in [-0.3, -0.25) is 9.59 Å². The number of methoxy groups -OCH3 is 2. The second-order valence-electron chi connectivity index (χ2n) is 15.7. The number of imidazole rings is 2. The summed E-state index contributed by atoms with van der Waals surface area (Å²) in [4.78, 5) is 72.3. The molecular weight excluding hydrogens is 785 g/mol. The van der Waals surface area contributed by atoms with Crippen LogP contribution in [-0.4, -0.2) is 93.1 Å². The van der Waals surface area contributed by atoms with Crippen molar-refractivity contribution in [1.29, 1.82) is 0 Å². The molecule has 14 nitrogen and oxygen atoms in total. The van der Waals surface area contributed by atoms with E-state index in [-0.39, 0.29) is 23.9 Å². The zero-order valence-electron chi connectivity index (χ0n) is 34.8. The Bertz CT molecular complexity index is 2300. The molecule has 4 amide bonds. The van der Waals surface area contributed by atoms with Crippen molar-refractivity contribution in [3.05, 3.63) is 144 Å².